The van der Waals surface area contributed by atoms with Crippen LogP contribution >= 0.6 is 0 Å². The molecule has 0 aliphatic heterocycles. The Morgan fingerprint density at radius 3 is 2.50 bits per heavy atom. The second-order valence-electron chi connectivity index (χ2n) is 1.42. The number of nitrogens with two attached hydrogens (primary N) is 1. The molecule has 46 valence electrons. The molecule has 0 bridgehead atoms. The fourth-order valence-corrected chi connectivity index (χ4v) is 0.314. The van der Waals surface area contributed by atoms with Crippen molar-refractivity contribution in [3.63, 3.8) is 0 Å². The van der Waals surface area contributed by atoms with Gasteiger partial charge in [0.25, 0.3) is 0 Å². The van der Waals surface area contributed by atoms with Crippen molar-refractivity contribution in [2.24, 2.45) is 5.73 Å². The van der Waals surface area contributed by atoms with Crippen molar-refractivity contribution in [3.8, 4) is 0 Å². The minimum absolute atomic E-state index is 0.545. The summed E-state index contributed by atoms with van der Waals surface area (Å²) in [6.07, 6.45) is 2.32. The first kappa shape index (κ1) is 7.68. The van der Waals surface area contributed by atoms with Gasteiger partial charge in [-0.05, 0) is 13.0 Å². The molecule has 0 aliphatic rings. The van der Waals surface area contributed by atoms with Gasteiger partial charge < -0.3 is 15.8 Å². The van der Waals surface area contributed by atoms with E-state index < -0.39 is 7.12 Å². The summed E-state index contributed by atoms with van der Waals surface area (Å²) in [6, 6.07) is 0. The molecule has 0 amide bonds. The fraction of sp³-hybridized carbons (Fsp3) is 0.500. The van der Waals surface area contributed by atoms with E-state index in [2.05, 4.69) is 0 Å². The number of hydrogen-bond acceptors (Lipinski definition) is 3. The zero-order valence-electron chi connectivity index (χ0n) is 4.62. The van der Waals surface area contributed by atoms with Gasteiger partial charge in [0.2, 0.25) is 0 Å². The Morgan fingerprint density at radius 2 is 2.12 bits per heavy atom. The number of hydrogen-bond donors (Lipinski definition) is 3. The third kappa shape index (κ3) is 5.68. The molecular weight excluding hydrogens is 105 g/mol. The van der Waals surface area contributed by atoms with E-state index in [0.717, 1.165) is 0 Å². The molecule has 0 aromatic rings. The third-order valence-electron chi connectivity index (χ3n) is 0.642. The van der Waals surface area contributed by atoms with Crippen LogP contribution in [0.5, 0.6) is 0 Å². The van der Waals surface area contributed by atoms with Crippen LogP contribution in [0.3, 0.4) is 0 Å². The lowest BCUT2D eigenvalue weighted by Crippen LogP contribution is -2.06. The molecule has 0 radical (unpaired) electrons. The third-order valence-corrected chi connectivity index (χ3v) is 0.642. The summed E-state index contributed by atoms with van der Waals surface area (Å²) in [4.78, 5) is 0. The van der Waals surface area contributed by atoms with E-state index in [1.165, 1.54) is 5.98 Å². The van der Waals surface area contributed by atoms with Crippen molar-refractivity contribution in [1.29, 1.82) is 0 Å². The summed E-state index contributed by atoms with van der Waals surface area (Å²) in [5, 5.41) is 16.4. The molecule has 0 fully saturated rings. The van der Waals surface area contributed by atoms with Crippen LogP contribution < -0.4 is 5.73 Å². The Labute approximate surface area is 49.0 Å². The maximum atomic E-state index is 8.21. The monoisotopic (exact) mass is 115 g/mol. The van der Waals surface area contributed by atoms with Crippen LogP contribution in [0.4, 0.5) is 0 Å². The van der Waals surface area contributed by atoms with Crippen molar-refractivity contribution in [3.05, 3.63) is 12.1 Å². The van der Waals surface area contributed by atoms with Crippen LogP contribution in [-0.4, -0.2) is 23.7 Å². The minimum atomic E-state index is -1.33. The van der Waals surface area contributed by atoms with Crippen molar-refractivity contribution in [2.75, 3.05) is 6.54 Å². The molecule has 4 heteroatoms. The van der Waals surface area contributed by atoms with Crippen LogP contribution in [0.15, 0.2) is 12.1 Å². The summed E-state index contributed by atoms with van der Waals surface area (Å²) in [5.74, 6) is 1.28. The molecular formula is C4H10BNO2. The van der Waals surface area contributed by atoms with E-state index >= 15 is 0 Å². The second-order valence-corrected chi connectivity index (χ2v) is 1.42. The van der Waals surface area contributed by atoms with Crippen molar-refractivity contribution in [2.45, 2.75) is 6.42 Å². The van der Waals surface area contributed by atoms with Gasteiger partial charge in [-0.2, -0.15) is 0 Å². The summed E-state index contributed by atoms with van der Waals surface area (Å²) >= 11 is 0. The molecule has 8 heavy (non-hydrogen) atoms. The van der Waals surface area contributed by atoms with Gasteiger partial charge in [0.1, 0.15) is 0 Å². The van der Waals surface area contributed by atoms with E-state index in [1.807, 2.05) is 0 Å². The molecule has 0 atom stereocenters. The second kappa shape index (κ2) is 4.83. The van der Waals surface area contributed by atoms with Crippen molar-refractivity contribution in [1.82, 2.24) is 0 Å². The first-order chi connectivity index (χ1) is 3.77. The SMILES string of the molecule is NCCC=CB(O)O. The normalized spacial score (nSPS) is 10.4. The van der Waals surface area contributed by atoms with Crippen molar-refractivity contribution < 1.29 is 10.0 Å². The van der Waals surface area contributed by atoms with Gasteiger partial charge in [0.05, 0.1) is 0 Å². The molecule has 0 unspecified atom stereocenters. The fourth-order valence-electron chi connectivity index (χ4n) is 0.314. The highest BCUT2D eigenvalue weighted by molar-refractivity contribution is 6.47. The van der Waals surface area contributed by atoms with Gasteiger partial charge in [-0.25, -0.2) is 0 Å². The Kier molecular flexibility index (Phi) is 4.64. The first-order valence-corrected chi connectivity index (χ1v) is 2.50. The molecule has 0 aromatic heterocycles. The minimum Gasteiger partial charge on any atom is -0.424 e. The summed E-state index contributed by atoms with van der Waals surface area (Å²) < 4.78 is 0. The molecule has 0 spiro atoms. The maximum absolute atomic E-state index is 8.21. The zero-order valence-corrected chi connectivity index (χ0v) is 4.62. The van der Waals surface area contributed by atoms with E-state index in [1.54, 1.807) is 6.08 Å². The summed E-state index contributed by atoms with van der Waals surface area (Å²) in [7, 11) is -1.33. The van der Waals surface area contributed by atoms with Crippen molar-refractivity contribution >= 4 is 7.12 Å². The Bertz CT molecular complexity index is 74.4. The summed E-state index contributed by atoms with van der Waals surface area (Å²) in [5.41, 5.74) is 5.10. The van der Waals surface area contributed by atoms with E-state index in [4.69, 9.17) is 15.8 Å². The maximum Gasteiger partial charge on any atom is 0.480 e. The van der Waals surface area contributed by atoms with Gasteiger partial charge in [-0.15, -0.1) is 0 Å². The smallest absolute Gasteiger partial charge is 0.424 e. The average molecular weight is 115 g/mol. The molecule has 0 aromatic carbocycles. The molecule has 0 rings (SSSR count). The van der Waals surface area contributed by atoms with Crippen LogP contribution in [0, 0.1) is 0 Å². The largest absolute Gasteiger partial charge is 0.480 e. The van der Waals surface area contributed by atoms with Crippen LogP contribution in [0.25, 0.3) is 0 Å². The summed E-state index contributed by atoms with van der Waals surface area (Å²) in [6.45, 7) is 0.545. The number of rotatable bonds is 3. The molecule has 0 saturated heterocycles. The van der Waals surface area contributed by atoms with Gasteiger partial charge in [-0.3, -0.25) is 0 Å². The molecule has 0 aliphatic carbocycles. The lowest BCUT2D eigenvalue weighted by molar-refractivity contribution is 0.424. The van der Waals surface area contributed by atoms with Gasteiger partial charge >= 0.3 is 7.12 Å². The quantitative estimate of drug-likeness (QED) is 0.409. The van der Waals surface area contributed by atoms with Gasteiger partial charge in [0, 0.05) is 0 Å². The standard InChI is InChI=1S/C4H10BNO2/c6-4-2-1-3-5(7)8/h1,3,7-8H,2,4,6H2. The lowest BCUT2D eigenvalue weighted by atomic mass is 9.91. The average Bonchev–Trinajstić information content (AvgIpc) is 1.66. The Hall–Kier alpha value is -0.315. The van der Waals surface area contributed by atoms with Gasteiger partial charge in [-0.1, -0.05) is 12.1 Å². The van der Waals surface area contributed by atoms with Crippen LogP contribution in [-0.2, 0) is 0 Å². The molecule has 3 nitrogen and oxygen atoms in total. The van der Waals surface area contributed by atoms with E-state index in [9.17, 15) is 0 Å². The zero-order chi connectivity index (χ0) is 6.41. The van der Waals surface area contributed by atoms with Crippen LogP contribution in [0.2, 0.25) is 0 Å². The van der Waals surface area contributed by atoms with Crippen LogP contribution in [0.1, 0.15) is 6.42 Å². The molecule has 0 saturated carbocycles. The van der Waals surface area contributed by atoms with E-state index in [-0.39, 0.29) is 0 Å². The molecule has 4 N–H and O–H groups in total. The Balaban J connectivity index is 3.07. The topological polar surface area (TPSA) is 66.5 Å². The van der Waals surface area contributed by atoms with Gasteiger partial charge in [0.15, 0.2) is 0 Å². The van der Waals surface area contributed by atoms with E-state index in [0.29, 0.717) is 13.0 Å². The first-order valence-electron chi connectivity index (χ1n) is 2.50. The molecule has 0 heterocycles. The highest BCUT2D eigenvalue weighted by atomic mass is 16.4. The lowest BCUT2D eigenvalue weighted by Gasteiger charge is -1.84. The highest BCUT2D eigenvalue weighted by Gasteiger charge is 1.95. The predicted molar refractivity (Wildman–Crippen MR) is 33.0 cm³/mol. The highest BCUT2D eigenvalue weighted by Crippen LogP contribution is 1.78. The predicted octanol–water partition coefficient (Wildman–Crippen LogP) is -1.10. The Morgan fingerprint density at radius 1 is 1.50 bits per heavy atom.